The third-order valence-corrected chi connectivity index (χ3v) is 7.13. The molecule has 1 N–H and O–H groups in total. The standard InChI is InChI=1S/C29H23ClF2N2O2/c1-16-25(29(36)34-28-21(31)8-5-9-22(28)32)26(18-10-12-20(30)13-11-18)27-23(33-16)14-19(15-24(27)35)17-6-3-2-4-7-17/h2-13,19,25-26H,14-15H2,1H3,(H,34,36)/t19-,25?,26-/m1/s1. The summed E-state index contributed by atoms with van der Waals surface area (Å²) in [6, 6.07) is 20.1. The number of anilines is 1. The van der Waals surface area contributed by atoms with Crippen LogP contribution in [0.25, 0.3) is 0 Å². The van der Waals surface area contributed by atoms with Crippen molar-refractivity contribution in [2.45, 2.75) is 31.6 Å². The molecule has 3 atom stereocenters. The molecule has 3 aromatic carbocycles. The number of carbonyl (C=O) groups excluding carboxylic acids is 2. The third-order valence-electron chi connectivity index (χ3n) is 6.88. The van der Waals surface area contributed by atoms with E-state index in [1.807, 2.05) is 30.3 Å². The molecule has 0 fully saturated rings. The molecule has 1 aliphatic carbocycles. The molecule has 2 aliphatic rings. The summed E-state index contributed by atoms with van der Waals surface area (Å²) >= 11 is 6.11. The van der Waals surface area contributed by atoms with Gasteiger partial charge in [-0.15, -0.1) is 0 Å². The number of carbonyl (C=O) groups is 2. The van der Waals surface area contributed by atoms with Crippen molar-refractivity contribution >= 4 is 34.7 Å². The molecule has 0 spiro atoms. The van der Waals surface area contributed by atoms with Crippen molar-refractivity contribution in [1.82, 2.24) is 0 Å². The molecule has 4 nitrogen and oxygen atoms in total. The molecule has 0 bridgehead atoms. The Labute approximate surface area is 212 Å². The molecule has 0 saturated carbocycles. The predicted molar refractivity (Wildman–Crippen MR) is 136 cm³/mol. The van der Waals surface area contributed by atoms with Crippen molar-refractivity contribution in [1.29, 1.82) is 0 Å². The molecule has 1 unspecified atom stereocenters. The lowest BCUT2D eigenvalue weighted by Crippen LogP contribution is -2.40. The number of nitrogens with one attached hydrogen (secondary N) is 1. The molecular weight excluding hydrogens is 482 g/mol. The minimum Gasteiger partial charge on any atom is -0.321 e. The summed E-state index contributed by atoms with van der Waals surface area (Å²) in [6.07, 6.45) is 0.848. The van der Waals surface area contributed by atoms with Crippen molar-refractivity contribution in [3.05, 3.63) is 112 Å². The van der Waals surface area contributed by atoms with E-state index in [1.165, 1.54) is 6.07 Å². The fourth-order valence-electron chi connectivity index (χ4n) is 5.21. The summed E-state index contributed by atoms with van der Waals surface area (Å²) in [7, 11) is 0. The van der Waals surface area contributed by atoms with Crippen LogP contribution in [0, 0.1) is 17.6 Å². The second kappa shape index (κ2) is 9.78. The van der Waals surface area contributed by atoms with E-state index in [2.05, 4.69) is 5.32 Å². The van der Waals surface area contributed by atoms with E-state index < -0.39 is 35.1 Å². The summed E-state index contributed by atoms with van der Waals surface area (Å²) in [6.45, 7) is 1.71. The number of benzene rings is 3. The van der Waals surface area contributed by atoms with Gasteiger partial charge in [0.05, 0.1) is 5.92 Å². The Morgan fingerprint density at radius 3 is 2.25 bits per heavy atom. The topological polar surface area (TPSA) is 58.5 Å². The van der Waals surface area contributed by atoms with Crippen LogP contribution < -0.4 is 5.32 Å². The van der Waals surface area contributed by atoms with E-state index in [0.717, 1.165) is 17.7 Å². The number of Topliss-reactive ketones (excluding diaryl/α,β-unsaturated/α-hetero) is 1. The van der Waals surface area contributed by atoms with Crippen molar-refractivity contribution in [3.8, 4) is 0 Å². The lowest BCUT2D eigenvalue weighted by molar-refractivity contribution is -0.119. The van der Waals surface area contributed by atoms with Gasteiger partial charge >= 0.3 is 0 Å². The predicted octanol–water partition coefficient (Wildman–Crippen LogP) is 6.83. The van der Waals surface area contributed by atoms with Gasteiger partial charge in [-0.2, -0.15) is 0 Å². The molecule has 0 aromatic heterocycles. The minimum absolute atomic E-state index is 0.0160. The Morgan fingerprint density at radius 2 is 1.58 bits per heavy atom. The monoisotopic (exact) mass is 504 g/mol. The highest BCUT2D eigenvalue weighted by Crippen LogP contribution is 2.47. The lowest BCUT2D eigenvalue weighted by Gasteiger charge is -2.37. The Hall–Kier alpha value is -3.64. The molecule has 36 heavy (non-hydrogen) atoms. The van der Waals surface area contributed by atoms with Crippen LogP contribution in [0.1, 0.15) is 42.7 Å². The van der Waals surface area contributed by atoms with Crippen LogP contribution in [0.2, 0.25) is 5.02 Å². The van der Waals surface area contributed by atoms with E-state index in [4.69, 9.17) is 16.6 Å². The summed E-state index contributed by atoms with van der Waals surface area (Å²) in [5, 5.41) is 2.92. The van der Waals surface area contributed by atoms with Gasteiger partial charge in [0, 0.05) is 34.3 Å². The number of hydrogen-bond acceptors (Lipinski definition) is 3. The first-order valence-corrected chi connectivity index (χ1v) is 12.1. The SMILES string of the molecule is CC1=NC2=C(C(=O)C[C@H](c3ccccc3)C2)[C@H](c2ccc(Cl)cc2)C1C(=O)Nc1c(F)cccc1F. The maximum atomic E-state index is 14.3. The molecule has 5 rings (SSSR count). The zero-order valence-corrected chi connectivity index (χ0v) is 20.2. The van der Waals surface area contributed by atoms with E-state index in [0.29, 0.717) is 34.0 Å². The Kier molecular flexibility index (Phi) is 6.54. The molecule has 7 heteroatoms. The minimum atomic E-state index is -0.929. The van der Waals surface area contributed by atoms with Crippen LogP contribution in [0.3, 0.4) is 0 Å². The fraction of sp³-hybridized carbons (Fsp3) is 0.207. The highest BCUT2D eigenvalue weighted by molar-refractivity contribution is 6.30. The number of nitrogens with zero attached hydrogens (tertiary/aromatic N) is 1. The number of amides is 1. The number of aliphatic imine (C=N–C) groups is 1. The Bertz CT molecular complexity index is 1380. The molecule has 3 aromatic rings. The molecule has 182 valence electrons. The highest BCUT2D eigenvalue weighted by Gasteiger charge is 2.44. The van der Waals surface area contributed by atoms with Crippen LogP contribution in [0.4, 0.5) is 14.5 Å². The Balaban J connectivity index is 1.57. The lowest BCUT2D eigenvalue weighted by atomic mass is 9.69. The zero-order chi connectivity index (χ0) is 25.4. The fourth-order valence-corrected chi connectivity index (χ4v) is 5.33. The van der Waals surface area contributed by atoms with Gasteiger partial charge in [0.15, 0.2) is 5.78 Å². The second-order valence-corrected chi connectivity index (χ2v) is 9.58. The second-order valence-electron chi connectivity index (χ2n) is 9.15. The molecular formula is C29H23ClF2N2O2. The van der Waals surface area contributed by atoms with Gasteiger partial charge in [-0.25, -0.2) is 8.78 Å². The highest BCUT2D eigenvalue weighted by atomic mass is 35.5. The average molecular weight is 505 g/mol. The summed E-state index contributed by atoms with van der Waals surface area (Å²) < 4.78 is 28.6. The number of halogens is 3. The number of para-hydroxylation sites is 1. The number of allylic oxidation sites excluding steroid dienone is 2. The van der Waals surface area contributed by atoms with E-state index >= 15 is 0 Å². The van der Waals surface area contributed by atoms with Crippen LogP contribution in [-0.2, 0) is 9.59 Å². The van der Waals surface area contributed by atoms with Gasteiger partial charge in [-0.3, -0.25) is 14.6 Å². The molecule has 0 radical (unpaired) electrons. The van der Waals surface area contributed by atoms with E-state index in [1.54, 1.807) is 31.2 Å². The van der Waals surface area contributed by atoms with Crippen LogP contribution >= 0.6 is 11.6 Å². The normalized spacial score (nSPS) is 21.6. The van der Waals surface area contributed by atoms with Gasteiger partial charge in [-0.1, -0.05) is 60.1 Å². The number of ketones is 1. The first-order valence-electron chi connectivity index (χ1n) is 11.7. The number of hydrogen-bond donors (Lipinski definition) is 1. The molecule has 1 aliphatic heterocycles. The maximum absolute atomic E-state index is 14.3. The van der Waals surface area contributed by atoms with Gasteiger partial charge in [0.2, 0.25) is 5.91 Å². The quantitative estimate of drug-likeness (QED) is 0.423. The van der Waals surface area contributed by atoms with Gasteiger partial charge in [-0.05, 0) is 54.7 Å². The van der Waals surface area contributed by atoms with Crippen LogP contribution in [0.15, 0.2) is 89.1 Å². The molecule has 0 saturated heterocycles. The van der Waals surface area contributed by atoms with Crippen molar-refractivity contribution < 1.29 is 18.4 Å². The first-order chi connectivity index (χ1) is 17.3. The van der Waals surface area contributed by atoms with Crippen molar-refractivity contribution in [2.24, 2.45) is 10.9 Å². The first kappa shape index (κ1) is 24.1. The summed E-state index contributed by atoms with van der Waals surface area (Å²) in [5.74, 6) is -4.08. The Morgan fingerprint density at radius 1 is 0.917 bits per heavy atom. The average Bonchev–Trinajstić information content (AvgIpc) is 2.86. The van der Waals surface area contributed by atoms with Crippen LogP contribution in [0.5, 0.6) is 0 Å². The van der Waals surface area contributed by atoms with Crippen molar-refractivity contribution in [3.63, 3.8) is 0 Å². The van der Waals surface area contributed by atoms with Gasteiger partial charge in [0.1, 0.15) is 17.3 Å². The number of rotatable bonds is 4. The van der Waals surface area contributed by atoms with Crippen LogP contribution in [-0.4, -0.2) is 17.4 Å². The van der Waals surface area contributed by atoms with E-state index in [9.17, 15) is 18.4 Å². The summed E-state index contributed by atoms with van der Waals surface area (Å²) in [5.41, 5.74) is 2.85. The largest absolute Gasteiger partial charge is 0.321 e. The van der Waals surface area contributed by atoms with Gasteiger partial charge in [0.25, 0.3) is 0 Å². The van der Waals surface area contributed by atoms with E-state index in [-0.39, 0.29) is 18.1 Å². The summed E-state index contributed by atoms with van der Waals surface area (Å²) in [4.78, 5) is 31.8. The molecule has 1 amide bonds. The molecule has 1 heterocycles. The zero-order valence-electron chi connectivity index (χ0n) is 19.5. The van der Waals surface area contributed by atoms with Crippen molar-refractivity contribution in [2.75, 3.05) is 5.32 Å². The van der Waals surface area contributed by atoms with Gasteiger partial charge < -0.3 is 5.32 Å². The smallest absolute Gasteiger partial charge is 0.234 e. The third kappa shape index (κ3) is 4.49. The maximum Gasteiger partial charge on any atom is 0.234 e.